The fraction of sp³-hybridized carbons (Fsp3) is 0.538. The molecule has 0 bridgehead atoms. The summed E-state index contributed by atoms with van der Waals surface area (Å²) in [4.78, 5) is 9.98. The molecule has 6 heteroatoms. The van der Waals surface area contributed by atoms with Crippen molar-refractivity contribution in [1.82, 2.24) is 5.32 Å². The quantitative estimate of drug-likeness (QED) is 0.635. The minimum atomic E-state index is -2.72. The number of non-ortho nitro benzene ring substituents is 1. The highest BCUT2D eigenvalue weighted by atomic mass is 19.3. The average Bonchev–Trinajstić information content (AvgIpc) is 2.37. The molecule has 0 heterocycles. The molecule has 0 saturated carbocycles. The molecule has 0 aliphatic heterocycles. The molecular formula is C13H18F2N2O2. The van der Waals surface area contributed by atoms with Crippen molar-refractivity contribution < 1.29 is 13.7 Å². The summed E-state index contributed by atoms with van der Waals surface area (Å²) in [5.74, 6) is -0.148. The lowest BCUT2D eigenvalue weighted by atomic mass is 9.90. The van der Waals surface area contributed by atoms with E-state index in [4.69, 9.17) is 0 Å². The van der Waals surface area contributed by atoms with Crippen LogP contribution in [0.5, 0.6) is 0 Å². The van der Waals surface area contributed by atoms with Crippen LogP contribution in [0, 0.1) is 10.1 Å². The third-order valence-corrected chi connectivity index (χ3v) is 3.28. The maximum absolute atomic E-state index is 13.0. The molecule has 1 rings (SSSR count). The van der Waals surface area contributed by atoms with Crippen LogP contribution in [0.3, 0.4) is 0 Å². The van der Waals surface area contributed by atoms with Gasteiger partial charge in [0.15, 0.2) is 0 Å². The lowest BCUT2D eigenvalue weighted by molar-refractivity contribution is -0.385. The van der Waals surface area contributed by atoms with Gasteiger partial charge in [-0.2, -0.15) is 0 Å². The SMILES string of the molecule is CCNC(C)C(C)c1ccc([N+](=O)[O-])cc1C(F)F. The fourth-order valence-corrected chi connectivity index (χ4v) is 2.05. The summed E-state index contributed by atoms with van der Waals surface area (Å²) in [6.07, 6.45) is -2.72. The number of alkyl halides is 2. The van der Waals surface area contributed by atoms with Crippen LogP contribution >= 0.6 is 0 Å². The molecule has 0 fully saturated rings. The summed E-state index contributed by atoms with van der Waals surface area (Å²) in [7, 11) is 0. The van der Waals surface area contributed by atoms with E-state index in [9.17, 15) is 18.9 Å². The van der Waals surface area contributed by atoms with Crippen molar-refractivity contribution in [2.24, 2.45) is 0 Å². The summed E-state index contributed by atoms with van der Waals surface area (Å²) >= 11 is 0. The molecule has 1 N–H and O–H groups in total. The van der Waals surface area contributed by atoms with Crippen molar-refractivity contribution in [3.63, 3.8) is 0 Å². The highest BCUT2D eigenvalue weighted by Crippen LogP contribution is 2.32. The van der Waals surface area contributed by atoms with Crippen LogP contribution in [-0.2, 0) is 0 Å². The first kappa shape index (κ1) is 15.5. The van der Waals surface area contributed by atoms with Gasteiger partial charge in [-0.1, -0.05) is 19.9 Å². The van der Waals surface area contributed by atoms with Crippen molar-refractivity contribution >= 4 is 5.69 Å². The Morgan fingerprint density at radius 3 is 2.42 bits per heavy atom. The van der Waals surface area contributed by atoms with E-state index >= 15 is 0 Å². The normalized spacial score (nSPS) is 14.4. The van der Waals surface area contributed by atoms with Crippen LogP contribution in [-0.4, -0.2) is 17.5 Å². The molecule has 0 saturated heterocycles. The molecule has 0 amide bonds. The molecule has 1 aromatic rings. The van der Waals surface area contributed by atoms with Crippen LogP contribution < -0.4 is 5.32 Å². The number of nitro benzene ring substituents is 1. The van der Waals surface area contributed by atoms with Gasteiger partial charge in [0, 0.05) is 23.7 Å². The van der Waals surface area contributed by atoms with Gasteiger partial charge in [0.25, 0.3) is 12.1 Å². The minimum Gasteiger partial charge on any atom is -0.314 e. The standard InChI is InChI=1S/C13H18F2N2O2/c1-4-16-9(3)8(2)11-6-5-10(17(18)19)7-12(11)13(14)15/h5-9,13,16H,4H2,1-3H3. The molecule has 0 radical (unpaired) electrons. The van der Waals surface area contributed by atoms with E-state index in [1.54, 1.807) is 0 Å². The van der Waals surface area contributed by atoms with Crippen LogP contribution in [0.2, 0.25) is 0 Å². The molecule has 4 nitrogen and oxygen atoms in total. The summed E-state index contributed by atoms with van der Waals surface area (Å²) in [6.45, 7) is 6.42. The van der Waals surface area contributed by atoms with Gasteiger partial charge in [-0.05, 0) is 24.9 Å². The number of hydrogen-bond acceptors (Lipinski definition) is 3. The van der Waals surface area contributed by atoms with E-state index < -0.39 is 11.3 Å². The summed E-state index contributed by atoms with van der Waals surface area (Å²) in [5.41, 5.74) is -0.108. The molecule has 0 aliphatic rings. The van der Waals surface area contributed by atoms with Crippen LogP contribution in [0.1, 0.15) is 44.2 Å². The van der Waals surface area contributed by atoms with E-state index in [-0.39, 0.29) is 23.2 Å². The number of benzene rings is 1. The minimum absolute atomic E-state index is 0.0176. The first-order chi connectivity index (χ1) is 8.88. The second-order valence-electron chi connectivity index (χ2n) is 4.51. The predicted molar refractivity (Wildman–Crippen MR) is 69.6 cm³/mol. The Hall–Kier alpha value is -1.56. The highest BCUT2D eigenvalue weighted by molar-refractivity contribution is 5.42. The zero-order valence-corrected chi connectivity index (χ0v) is 11.2. The summed E-state index contributed by atoms with van der Waals surface area (Å²) in [6, 6.07) is 3.69. The van der Waals surface area contributed by atoms with E-state index in [0.717, 1.165) is 12.6 Å². The van der Waals surface area contributed by atoms with Gasteiger partial charge >= 0.3 is 0 Å². The van der Waals surface area contributed by atoms with Gasteiger partial charge in [0.1, 0.15) is 0 Å². The van der Waals surface area contributed by atoms with Gasteiger partial charge in [0.2, 0.25) is 0 Å². The van der Waals surface area contributed by atoms with Gasteiger partial charge in [-0.3, -0.25) is 10.1 Å². The van der Waals surface area contributed by atoms with Crippen molar-refractivity contribution in [2.45, 2.75) is 39.2 Å². The fourth-order valence-electron chi connectivity index (χ4n) is 2.05. The Balaban J connectivity index is 3.16. The molecule has 1 aromatic carbocycles. The Bertz CT molecular complexity index is 452. The largest absolute Gasteiger partial charge is 0.314 e. The van der Waals surface area contributed by atoms with Crippen molar-refractivity contribution in [1.29, 1.82) is 0 Å². The average molecular weight is 272 g/mol. The summed E-state index contributed by atoms with van der Waals surface area (Å²) < 4.78 is 26.1. The summed E-state index contributed by atoms with van der Waals surface area (Å²) in [5, 5.41) is 13.8. The number of hydrogen-bond donors (Lipinski definition) is 1. The lowest BCUT2D eigenvalue weighted by Crippen LogP contribution is -2.31. The molecular weight excluding hydrogens is 254 g/mol. The van der Waals surface area contributed by atoms with E-state index in [2.05, 4.69) is 5.32 Å². The third-order valence-electron chi connectivity index (χ3n) is 3.28. The zero-order valence-electron chi connectivity index (χ0n) is 11.2. The first-order valence-corrected chi connectivity index (χ1v) is 6.18. The molecule has 0 aromatic heterocycles. The smallest absolute Gasteiger partial charge is 0.269 e. The first-order valence-electron chi connectivity index (χ1n) is 6.18. The molecule has 106 valence electrons. The molecule has 0 aliphatic carbocycles. The molecule has 19 heavy (non-hydrogen) atoms. The number of halogens is 2. The Kier molecular flexibility index (Phi) is 5.35. The molecule has 2 unspecified atom stereocenters. The van der Waals surface area contributed by atoms with E-state index in [1.165, 1.54) is 12.1 Å². The highest BCUT2D eigenvalue weighted by Gasteiger charge is 2.23. The Labute approximate surface area is 111 Å². The lowest BCUT2D eigenvalue weighted by Gasteiger charge is -2.23. The molecule has 2 atom stereocenters. The van der Waals surface area contributed by atoms with Crippen molar-refractivity contribution in [2.75, 3.05) is 6.54 Å². The van der Waals surface area contributed by atoms with Crippen LogP contribution in [0.15, 0.2) is 18.2 Å². The van der Waals surface area contributed by atoms with E-state index in [0.29, 0.717) is 5.56 Å². The topological polar surface area (TPSA) is 55.2 Å². The van der Waals surface area contributed by atoms with Crippen molar-refractivity contribution in [3.8, 4) is 0 Å². The van der Waals surface area contributed by atoms with Crippen LogP contribution in [0.4, 0.5) is 14.5 Å². The number of rotatable bonds is 6. The van der Waals surface area contributed by atoms with Gasteiger partial charge < -0.3 is 5.32 Å². The van der Waals surface area contributed by atoms with E-state index in [1.807, 2.05) is 20.8 Å². The maximum atomic E-state index is 13.0. The number of nitrogens with zero attached hydrogens (tertiary/aromatic N) is 1. The van der Waals surface area contributed by atoms with Crippen LogP contribution in [0.25, 0.3) is 0 Å². The monoisotopic (exact) mass is 272 g/mol. The second-order valence-corrected chi connectivity index (χ2v) is 4.51. The number of nitrogens with one attached hydrogen (secondary N) is 1. The third kappa shape index (κ3) is 3.70. The van der Waals surface area contributed by atoms with Gasteiger partial charge in [-0.15, -0.1) is 0 Å². The second kappa shape index (κ2) is 6.56. The predicted octanol–water partition coefficient (Wildman–Crippen LogP) is 3.63. The van der Waals surface area contributed by atoms with Crippen molar-refractivity contribution in [3.05, 3.63) is 39.4 Å². The van der Waals surface area contributed by atoms with Gasteiger partial charge in [-0.25, -0.2) is 8.78 Å². The number of nitro groups is 1. The Morgan fingerprint density at radius 1 is 1.32 bits per heavy atom. The van der Waals surface area contributed by atoms with Gasteiger partial charge in [0.05, 0.1) is 4.92 Å². The molecule has 0 spiro atoms. The maximum Gasteiger partial charge on any atom is 0.269 e. The zero-order chi connectivity index (χ0) is 14.6. The number of likely N-dealkylation sites (N-methyl/N-ethyl adjacent to an activating group) is 1. The Morgan fingerprint density at radius 2 is 1.95 bits per heavy atom.